The van der Waals surface area contributed by atoms with Crippen molar-refractivity contribution >= 4 is 38.3 Å². The number of hydrogen-bond acceptors (Lipinski definition) is 7. The molecule has 9 nitrogen and oxygen atoms in total. The average Bonchev–Trinajstić information content (AvgIpc) is 3.38. The molecule has 1 aliphatic rings. The molecule has 0 aliphatic carbocycles. The van der Waals surface area contributed by atoms with Gasteiger partial charge < -0.3 is 14.6 Å². The molecular formula is C21H27N5O4S2. The highest BCUT2D eigenvalue weighted by Crippen LogP contribution is 2.24. The van der Waals surface area contributed by atoms with Gasteiger partial charge in [-0.25, -0.2) is 18.4 Å². The summed E-state index contributed by atoms with van der Waals surface area (Å²) >= 11 is 1.53. The lowest BCUT2D eigenvalue weighted by molar-refractivity contribution is -0.121. The van der Waals surface area contributed by atoms with Crippen molar-refractivity contribution in [3.8, 4) is 0 Å². The number of sulfonamides is 1. The van der Waals surface area contributed by atoms with Crippen molar-refractivity contribution in [2.24, 2.45) is 0 Å². The van der Waals surface area contributed by atoms with Crippen LogP contribution < -0.4 is 5.32 Å². The second kappa shape index (κ2) is 9.65. The quantitative estimate of drug-likeness (QED) is 0.533. The van der Waals surface area contributed by atoms with Crippen molar-refractivity contribution in [3.63, 3.8) is 0 Å². The number of benzene rings is 1. The third-order valence-corrected chi connectivity index (χ3v) is 8.26. The van der Waals surface area contributed by atoms with E-state index in [0.717, 1.165) is 22.0 Å². The molecule has 0 atom stereocenters. The van der Waals surface area contributed by atoms with E-state index in [-0.39, 0.29) is 10.8 Å². The molecule has 0 saturated carbocycles. The number of aryl methyl sites for hydroxylation is 3. The monoisotopic (exact) mass is 477 g/mol. The van der Waals surface area contributed by atoms with Crippen molar-refractivity contribution < 1.29 is 17.9 Å². The van der Waals surface area contributed by atoms with Crippen molar-refractivity contribution in [1.82, 2.24) is 24.2 Å². The molecule has 3 heterocycles. The number of aromatic nitrogens is 3. The largest absolute Gasteiger partial charge is 0.379 e. The van der Waals surface area contributed by atoms with Crippen LogP contribution in [0.25, 0.3) is 11.0 Å². The van der Waals surface area contributed by atoms with Gasteiger partial charge in [-0.2, -0.15) is 4.31 Å². The van der Waals surface area contributed by atoms with Gasteiger partial charge in [-0.15, -0.1) is 11.3 Å². The van der Waals surface area contributed by atoms with Crippen LogP contribution in [-0.4, -0.2) is 59.5 Å². The predicted octanol–water partition coefficient (Wildman–Crippen LogP) is 2.09. The van der Waals surface area contributed by atoms with Crippen LogP contribution in [0.5, 0.6) is 0 Å². The summed E-state index contributed by atoms with van der Waals surface area (Å²) in [5.41, 5.74) is 2.43. The number of fused-ring (bicyclic) bond motifs is 1. The zero-order chi connectivity index (χ0) is 22.7. The van der Waals surface area contributed by atoms with Crippen molar-refractivity contribution in [2.75, 3.05) is 26.3 Å². The van der Waals surface area contributed by atoms with Crippen LogP contribution >= 0.6 is 11.3 Å². The summed E-state index contributed by atoms with van der Waals surface area (Å²) in [4.78, 5) is 21.5. The molecule has 11 heteroatoms. The lowest BCUT2D eigenvalue weighted by Crippen LogP contribution is -2.40. The highest BCUT2D eigenvalue weighted by Gasteiger charge is 2.27. The van der Waals surface area contributed by atoms with Gasteiger partial charge in [-0.05, 0) is 32.0 Å². The van der Waals surface area contributed by atoms with E-state index >= 15 is 0 Å². The fourth-order valence-corrected chi connectivity index (χ4v) is 5.91. The molecule has 1 fully saturated rings. The summed E-state index contributed by atoms with van der Waals surface area (Å²) in [6, 6.07) is 5.06. The molecule has 32 heavy (non-hydrogen) atoms. The number of imidazole rings is 1. The van der Waals surface area contributed by atoms with Gasteiger partial charge in [0, 0.05) is 43.5 Å². The van der Waals surface area contributed by atoms with Crippen LogP contribution in [0.15, 0.2) is 28.5 Å². The number of morpholine rings is 1. The minimum absolute atomic E-state index is 0.0665. The van der Waals surface area contributed by atoms with Crippen LogP contribution in [0.2, 0.25) is 0 Å². The van der Waals surface area contributed by atoms with Gasteiger partial charge in [0.15, 0.2) is 0 Å². The Bertz CT molecular complexity index is 1210. The molecule has 2 aromatic heterocycles. The number of nitrogens with one attached hydrogen (secondary N) is 1. The number of carbonyl (C=O) groups excluding carboxylic acids is 1. The second-order valence-corrected chi connectivity index (χ2v) is 10.5. The molecule has 1 amide bonds. The van der Waals surface area contributed by atoms with E-state index in [1.165, 1.54) is 15.6 Å². The van der Waals surface area contributed by atoms with Gasteiger partial charge in [0.2, 0.25) is 15.9 Å². The van der Waals surface area contributed by atoms with Crippen molar-refractivity contribution in [1.29, 1.82) is 0 Å². The number of nitrogens with zero attached hydrogens (tertiary/aromatic N) is 4. The SMILES string of the molecule is CCn1c(CCC(=O)NCc2nc(C)cs2)nc2cc(S(=O)(=O)N3CCOCC3)ccc21. The van der Waals surface area contributed by atoms with Crippen molar-refractivity contribution in [2.45, 2.75) is 44.7 Å². The van der Waals surface area contributed by atoms with Crippen molar-refractivity contribution in [3.05, 3.63) is 40.1 Å². The van der Waals surface area contributed by atoms with E-state index in [1.807, 2.05) is 23.8 Å². The summed E-state index contributed by atoms with van der Waals surface area (Å²) in [6.45, 7) is 6.55. The van der Waals surface area contributed by atoms with Crippen LogP contribution in [0.4, 0.5) is 0 Å². The Kier molecular flexibility index (Phi) is 6.89. The van der Waals surface area contributed by atoms with E-state index in [2.05, 4.69) is 15.3 Å². The summed E-state index contributed by atoms with van der Waals surface area (Å²) in [6.07, 6.45) is 0.767. The Morgan fingerprint density at radius 2 is 2.03 bits per heavy atom. The zero-order valence-electron chi connectivity index (χ0n) is 18.2. The van der Waals surface area contributed by atoms with Crippen LogP contribution in [0, 0.1) is 6.92 Å². The van der Waals surface area contributed by atoms with Gasteiger partial charge in [-0.3, -0.25) is 4.79 Å². The number of thiazole rings is 1. The van der Waals surface area contributed by atoms with Gasteiger partial charge in [-0.1, -0.05) is 0 Å². The molecule has 172 valence electrons. The lowest BCUT2D eigenvalue weighted by atomic mass is 10.2. The molecule has 4 rings (SSSR count). The Labute approximate surface area is 191 Å². The highest BCUT2D eigenvalue weighted by molar-refractivity contribution is 7.89. The standard InChI is InChI=1S/C21H27N5O4S2/c1-3-26-18-5-4-16(32(28,29)25-8-10-30-11-9-25)12-17(18)24-19(26)6-7-20(27)22-13-21-23-15(2)14-31-21/h4-5,12,14H,3,6-11,13H2,1-2H3,(H,22,27). The first-order valence-electron chi connectivity index (χ1n) is 10.6. The molecule has 1 N–H and O–H groups in total. The second-order valence-electron chi connectivity index (χ2n) is 7.60. The van der Waals surface area contributed by atoms with Gasteiger partial charge >= 0.3 is 0 Å². The third kappa shape index (κ3) is 4.85. The summed E-state index contributed by atoms with van der Waals surface area (Å²) in [5.74, 6) is 0.701. The molecule has 1 aliphatic heterocycles. The van der Waals surface area contributed by atoms with Gasteiger partial charge in [0.05, 0.1) is 35.7 Å². The zero-order valence-corrected chi connectivity index (χ0v) is 19.8. The third-order valence-electron chi connectivity index (χ3n) is 5.40. The average molecular weight is 478 g/mol. The Balaban J connectivity index is 1.47. The molecule has 1 saturated heterocycles. The molecule has 0 unspecified atom stereocenters. The fourth-order valence-electron chi connectivity index (χ4n) is 3.77. The van der Waals surface area contributed by atoms with E-state index in [0.29, 0.717) is 57.8 Å². The first kappa shape index (κ1) is 22.8. The van der Waals surface area contributed by atoms with Crippen LogP contribution in [0.3, 0.4) is 0 Å². The Morgan fingerprint density at radius 1 is 1.25 bits per heavy atom. The van der Waals surface area contributed by atoms with E-state index in [4.69, 9.17) is 4.74 Å². The molecule has 0 radical (unpaired) electrons. The molecule has 3 aromatic rings. The number of rotatable bonds is 8. The maximum Gasteiger partial charge on any atom is 0.243 e. The minimum atomic E-state index is -3.59. The number of amides is 1. The normalized spacial score (nSPS) is 15.3. The number of carbonyl (C=O) groups is 1. The Morgan fingerprint density at radius 3 is 2.72 bits per heavy atom. The lowest BCUT2D eigenvalue weighted by Gasteiger charge is -2.26. The number of hydrogen-bond donors (Lipinski definition) is 1. The summed E-state index contributed by atoms with van der Waals surface area (Å²) < 4.78 is 34.7. The van der Waals surface area contributed by atoms with E-state index < -0.39 is 10.0 Å². The molecule has 0 bridgehead atoms. The maximum absolute atomic E-state index is 13.0. The minimum Gasteiger partial charge on any atom is -0.379 e. The summed E-state index contributed by atoms with van der Waals surface area (Å²) in [5, 5.41) is 5.73. The summed E-state index contributed by atoms with van der Waals surface area (Å²) in [7, 11) is -3.59. The topological polar surface area (TPSA) is 106 Å². The maximum atomic E-state index is 13.0. The van der Waals surface area contributed by atoms with Crippen LogP contribution in [-0.2, 0) is 39.1 Å². The molecule has 1 aromatic carbocycles. The molecule has 0 spiro atoms. The first-order chi connectivity index (χ1) is 15.4. The smallest absolute Gasteiger partial charge is 0.243 e. The van der Waals surface area contributed by atoms with Gasteiger partial charge in [0.25, 0.3) is 0 Å². The number of ether oxygens (including phenoxy) is 1. The van der Waals surface area contributed by atoms with E-state index in [9.17, 15) is 13.2 Å². The van der Waals surface area contributed by atoms with E-state index in [1.54, 1.807) is 18.2 Å². The first-order valence-corrected chi connectivity index (χ1v) is 12.9. The molecular weight excluding hydrogens is 450 g/mol. The predicted molar refractivity (Wildman–Crippen MR) is 122 cm³/mol. The Hall–Kier alpha value is -2.34. The highest BCUT2D eigenvalue weighted by atomic mass is 32.2. The van der Waals surface area contributed by atoms with Crippen LogP contribution in [0.1, 0.15) is 29.9 Å². The van der Waals surface area contributed by atoms with Gasteiger partial charge in [0.1, 0.15) is 10.8 Å². The fraction of sp³-hybridized carbons (Fsp3) is 0.476.